The van der Waals surface area contributed by atoms with Gasteiger partial charge in [-0.1, -0.05) is 6.07 Å². The summed E-state index contributed by atoms with van der Waals surface area (Å²) in [5.74, 6) is 0.797. The number of methoxy groups -OCH3 is 2. The second-order valence-electron chi connectivity index (χ2n) is 8.30. The first-order chi connectivity index (χ1) is 15.5. The minimum absolute atomic E-state index is 0.00755. The number of pyridine rings is 1. The minimum Gasteiger partial charge on any atom is -0.496 e. The Morgan fingerprint density at radius 2 is 1.39 bits per heavy atom. The molecule has 2 bridgehead atoms. The largest absolute Gasteiger partial charge is 0.496 e. The molecule has 0 saturated heterocycles. The van der Waals surface area contributed by atoms with Crippen molar-refractivity contribution in [1.82, 2.24) is 0 Å². The molecule has 1 aliphatic carbocycles. The van der Waals surface area contributed by atoms with Crippen LogP contribution in [0.3, 0.4) is 0 Å². The van der Waals surface area contributed by atoms with Crippen LogP contribution in [0.15, 0.2) is 36.5 Å². The molecule has 2 atom stereocenters. The zero-order chi connectivity index (χ0) is 24.6. The van der Waals surface area contributed by atoms with Gasteiger partial charge in [-0.05, 0) is 39.8 Å². The van der Waals surface area contributed by atoms with E-state index in [9.17, 15) is 0 Å². The molecular weight excluding hydrogens is 454 g/mol. The Labute approximate surface area is 195 Å². The highest BCUT2D eigenvalue weighted by molar-refractivity contribution is 5.58. The number of aromatic nitrogens is 1. The molecular formula is C23H30ClNO8. The van der Waals surface area contributed by atoms with Crippen LogP contribution in [0, 0.1) is 15.7 Å². The molecule has 3 heterocycles. The third-order valence-corrected chi connectivity index (χ3v) is 6.39. The van der Waals surface area contributed by atoms with Crippen molar-refractivity contribution in [2.24, 2.45) is 5.41 Å². The Kier molecular flexibility index (Phi) is 7.26. The van der Waals surface area contributed by atoms with E-state index in [1.807, 2.05) is 26.0 Å². The third kappa shape index (κ3) is 4.19. The SMILES string of the molecule is CCOC1(OCC)C2c3c(OC)ccc(OC)c3C([n+]3ccccc32)C1(C)C.[O-][Cl+3]([O-])([O-])[O-]. The summed E-state index contributed by atoms with van der Waals surface area (Å²) in [5, 5.41) is 0. The number of nitrogens with zero attached hydrogens (tertiary/aromatic N) is 1. The topological polar surface area (TPSA) is 133 Å². The Bertz CT molecular complexity index is 979. The van der Waals surface area contributed by atoms with E-state index in [-0.39, 0.29) is 17.4 Å². The second-order valence-corrected chi connectivity index (χ2v) is 9.05. The van der Waals surface area contributed by atoms with Crippen molar-refractivity contribution in [3.8, 4) is 11.5 Å². The van der Waals surface area contributed by atoms with Gasteiger partial charge in [0.2, 0.25) is 0 Å². The van der Waals surface area contributed by atoms with E-state index in [1.54, 1.807) is 14.2 Å². The van der Waals surface area contributed by atoms with Crippen LogP contribution in [0.4, 0.5) is 0 Å². The maximum absolute atomic E-state index is 8.49. The zero-order valence-electron chi connectivity index (χ0n) is 19.6. The second kappa shape index (κ2) is 9.34. The molecule has 5 rings (SSSR count). The van der Waals surface area contributed by atoms with Crippen LogP contribution >= 0.6 is 0 Å². The summed E-state index contributed by atoms with van der Waals surface area (Å²) in [6.07, 6.45) is 2.15. The van der Waals surface area contributed by atoms with Gasteiger partial charge >= 0.3 is 0 Å². The van der Waals surface area contributed by atoms with Crippen LogP contribution in [0.1, 0.15) is 56.5 Å². The Hall–Kier alpha value is -1.98. The molecule has 10 heteroatoms. The first kappa shape index (κ1) is 25.6. The van der Waals surface area contributed by atoms with Gasteiger partial charge in [-0.25, -0.2) is 18.6 Å². The number of fused-ring (bicyclic) bond motifs is 1. The maximum atomic E-state index is 8.49. The smallest absolute Gasteiger partial charge is 0.198 e. The van der Waals surface area contributed by atoms with Gasteiger partial charge in [0.05, 0.1) is 25.2 Å². The van der Waals surface area contributed by atoms with Crippen LogP contribution in [-0.4, -0.2) is 33.2 Å². The average molecular weight is 484 g/mol. The summed E-state index contributed by atoms with van der Waals surface area (Å²) in [6.45, 7) is 9.67. The molecule has 0 amide bonds. The Balaban J connectivity index is 0.000000555. The van der Waals surface area contributed by atoms with Crippen LogP contribution in [0.2, 0.25) is 0 Å². The predicted octanol–water partition coefficient (Wildman–Crippen LogP) is -0.921. The first-order valence-corrected chi connectivity index (χ1v) is 11.9. The normalized spacial score (nSPS) is 21.4. The maximum Gasteiger partial charge on any atom is 0.198 e. The van der Waals surface area contributed by atoms with Crippen LogP contribution in [0.25, 0.3) is 0 Å². The number of hydrogen-bond donors (Lipinski definition) is 0. The summed E-state index contributed by atoms with van der Waals surface area (Å²) in [4.78, 5) is 0. The summed E-state index contributed by atoms with van der Waals surface area (Å²) in [7, 11) is -1.50. The number of hydrogen-bond acceptors (Lipinski definition) is 8. The molecule has 2 unspecified atom stereocenters. The van der Waals surface area contributed by atoms with E-state index in [0.29, 0.717) is 13.2 Å². The molecule has 2 aromatic rings. The van der Waals surface area contributed by atoms with E-state index < -0.39 is 16.0 Å². The van der Waals surface area contributed by atoms with Crippen molar-refractivity contribution in [1.29, 1.82) is 0 Å². The molecule has 9 nitrogen and oxygen atoms in total. The zero-order valence-corrected chi connectivity index (χ0v) is 20.4. The molecule has 182 valence electrons. The van der Waals surface area contributed by atoms with Gasteiger partial charge in [0.15, 0.2) is 23.7 Å². The summed E-state index contributed by atoms with van der Waals surface area (Å²) in [5.41, 5.74) is 3.11. The van der Waals surface area contributed by atoms with Gasteiger partial charge in [0.25, 0.3) is 0 Å². The molecule has 0 fully saturated rings. The molecule has 1 aromatic carbocycles. The standard InChI is InChI=1S/C23H30NO4.ClHO4/c1-7-27-23(28-8-2)20-15-11-9-10-14-24(15)21(22(23,3)4)19-17(26-6)13-12-16(25-5)18(19)20;2-1(3,4)5/h9-14,20-21H,7-8H2,1-6H3;(H,2,3,4,5)/q+1;/p-1. The van der Waals surface area contributed by atoms with Crippen molar-refractivity contribution in [3.63, 3.8) is 0 Å². The van der Waals surface area contributed by atoms with E-state index in [2.05, 4.69) is 42.8 Å². The fourth-order valence-electron chi connectivity index (χ4n) is 5.43. The average Bonchev–Trinajstić information content (AvgIpc) is 2.74. The fraction of sp³-hybridized carbons (Fsp3) is 0.522. The highest BCUT2D eigenvalue weighted by Crippen LogP contribution is 2.64. The highest BCUT2D eigenvalue weighted by Gasteiger charge is 2.71. The number of ether oxygens (including phenoxy) is 4. The molecule has 0 radical (unpaired) electrons. The lowest BCUT2D eigenvalue weighted by Crippen LogP contribution is -2.71. The van der Waals surface area contributed by atoms with Gasteiger partial charge in [-0.3, -0.25) is 0 Å². The Morgan fingerprint density at radius 3 is 1.88 bits per heavy atom. The van der Waals surface area contributed by atoms with Crippen molar-refractivity contribution in [2.45, 2.75) is 45.4 Å². The van der Waals surface area contributed by atoms with Crippen molar-refractivity contribution in [3.05, 3.63) is 53.3 Å². The van der Waals surface area contributed by atoms with Crippen molar-refractivity contribution < 1.29 is 52.4 Å². The van der Waals surface area contributed by atoms with Crippen molar-refractivity contribution >= 4 is 0 Å². The molecule has 33 heavy (non-hydrogen) atoms. The molecule has 3 aliphatic rings. The molecule has 0 N–H and O–H groups in total. The number of rotatable bonds is 6. The predicted molar refractivity (Wildman–Crippen MR) is 106 cm³/mol. The van der Waals surface area contributed by atoms with E-state index in [4.69, 9.17) is 37.6 Å². The molecule has 2 aliphatic heterocycles. The number of halogens is 1. The van der Waals surface area contributed by atoms with Gasteiger partial charge < -0.3 is 18.9 Å². The van der Waals surface area contributed by atoms with Crippen LogP contribution < -0.4 is 32.7 Å². The van der Waals surface area contributed by atoms with Gasteiger partial charge in [-0.15, -0.1) is 10.2 Å². The first-order valence-electron chi connectivity index (χ1n) is 10.6. The van der Waals surface area contributed by atoms with Gasteiger partial charge in [0, 0.05) is 30.9 Å². The van der Waals surface area contributed by atoms with Gasteiger partial charge in [-0.2, -0.15) is 4.57 Å². The minimum atomic E-state index is -4.94. The highest BCUT2D eigenvalue weighted by atomic mass is 35.7. The summed E-state index contributed by atoms with van der Waals surface area (Å²) >= 11 is 0. The quantitative estimate of drug-likeness (QED) is 0.380. The van der Waals surface area contributed by atoms with E-state index in [0.717, 1.165) is 22.6 Å². The van der Waals surface area contributed by atoms with E-state index in [1.165, 1.54) is 5.69 Å². The Morgan fingerprint density at radius 1 is 0.879 bits per heavy atom. The third-order valence-electron chi connectivity index (χ3n) is 6.39. The lowest BCUT2D eigenvalue weighted by atomic mass is 9.57. The molecule has 0 spiro atoms. The monoisotopic (exact) mass is 483 g/mol. The van der Waals surface area contributed by atoms with Gasteiger partial charge in [0.1, 0.15) is 17.4 Å². The molecule has 0 saturated carbocycles. The summed E-state index contributed by atoms with van der Waals surface area (Å²) in [6, 6.07) is 10.3. The van der Waals surface area contributed by atoms with Crippen LogP contribution in [0.5, 0.6) is 11.5 Å². The van der Waals surface area contributed by atoms with Crippen molar-refractivity contribution in [2.75, 3.05) is 27.4 Å². The molecule has 1 aromatic heterocycles. The van der Waals surface area contributed by atoms with E-state index >= 15 is 0 Å². The summed E-state index contributed by atoms with van der Waals surface area (Å²) < 4.78 is 61.0. The fourth-order valence-corrected chi connectivity index (χ4v) is 5.43. The van der Waals surface area contributed by atoms with Crippen LogP contribution in [-0.2, 0) is 9.47 Å². The lowest BCUT2D eigenvalue weighted by Gasteiger charge is -2.57. The lowest BCUT2D eigenvalue weighted by molar-refractivity contribution is -2.00. The number of benzene rings is 1.